The fourth-order valence-corrected chi connectivity index (χ4v) is 4.41. The van der Waals surface area contributed by atoms with Gasteiger partial charge in [0.2, 0.25) is 0 Å². The third kappa shape index (κ3) is 3.16. The summed E-state index contributed by atoms with van der Waals surface area (Å²) in [6, 6.07) is 8.12. The lowest BCUT2D eigenvalue weighted by Gasteiger charge is -2.43. The maximum absolute atomic E-state index is 13.1. The number of thiophene rings is 1. The summed E-state index contributed by atoms with van der Waals surface area (Å²) in [5, 5.41) is 4.75. The SMILES string of the molecule is O=C(Nc1ccsc1-c1ccc(F)cc1)OC1CN2CCC1CC2. The van der Waals surface area contributed by atoms with Gasteiger partial charge in [0.1, 0.15) is 11.9 Å². The molecule has 1 amide bonds. The van der Waals surface area contributed by atoms with Crippen molar-refractivity contribution >= 4 is 23.1 Å². The van der Waals surface area contributed by atoms with Crippen LogP contribution in [0.25, 0.3) is 10.4 Å². The lowest BCUT2D eigenvalue weighted by atomic mass is 9.86. The van der Waals surface area contributed by atoms with E-state index in [1.807, 2.05) is 11.4 Å². The van der Waals surface area contributed by atoms with E-state index in [0.717, 1.165) is 42.9 Å². The van der Waals surface area contributed by atoms with Gasteiger partial charge in [-0.2, -0.15) is 0 Å². The molecule has 4 heterocycles. The van der Waals surface area contributed by atoms with E-state index in [1.165, 1.54) is 23.5 Å². The zero-order chi connectivity index (χ0) is 16.5. The number of nitrogens with one attached hydrogen (secondary N) is 1. The molecule has 3 fully saturated rings. The molecule has 3 aliphatic heterocycles. The van der Waals surface area contributed by atoms with Crippen LogP contribution in [0.1, 0.15) is 12.8 Å². The summed E-state index contributed by atoms with van der Waals surface area (Å²) in [5.74, 6) is 0.214. The molecule has 1 unspecified atom stereocenters. The Bertz CT molecular complexity index is 723. The van der Waals surface area contributed by atoms with Crippen molar-refractivity contribution in [2.75, 3.05) is 25.0 Å². The van der Waals surface area contributed by atoms with Gasteiger partial charge in [0.25, 0.3) is 0 Å². The highest BCUT2D eigenvalue weighted by molar-refractivity contribution is 7.14. The second-order valence-corrected chi connectivity index (χ2v) is 7.29. The van der Waals surface area contributed by atoms with Gasteiger partial charge in [-0.3, -0.25) is 10.2 Å². The zero-order valence-electron chi connectivity index (χ0n) is 13.2. The van der Waals surface area contributed by atoms with E-state index in [1.54, 1.807) is 12.1 Å². The smallest absolute Gasteiger partial charge is 0.411 e. The lowest BCUT2D eigenvalue weighted by molar-refractivity contribution is -0.0289. The standard InChI is InChI=1S/C18H19FN2O2S/c19-14-3-1-13(2-4-14)17-15(7-10-24-17)20-18(22)23-16-11-21-8-5-12(16)6-9-21/h1-4,7,10,12,16H,5-6,8-9,11H2,(H,20,22). The van der Waals surface area contributed by atoms with Crippen LogP contribution in [0.5, 0.6) is 0 Å². The molecule has 24 heavy (non-hydrogen) atoms. The first-order valence-electron chi connectivity index (χ1n) is 8.22. The number of ether oxygens (including phenoxy) is 1. The molecular formula is C18H19FN2O2S. The van der Waals surface area contributed by atoms with Crippen molar-refractivity contribution in [3.63, 3.8) is 0 Å². The summed E-state index contributed by atoms with van der Waals surface area (Å²) >= 11 is 1.51. The predicted octanol–water partition coefficient (Wildman–Crippen LogP) is 4.20. The van der Waals surface area contributed by atoms with Gasteiger partial charge >= 0.3 is 6.09 Å². The highest BCUT2D eigenvalue weighted by Crippen LogP contribution is 2.34. The number of rotatable bonds is 3. The van der Waals surface area contributed by atoms with Crippen molar-refractivity contribution < 1.29 is 13.9 Å². The molecule has 6 heteroatoms. The van der Waals surface area contributed by atoms with Crippen molar-refractivity contribution in [1.29, 1.82) is 0 Å². The van der Waals surface area contributed by atoms with Gasteiger partial charge < -0.3 is 4.74 Å². The Kier molecular flexibility index (Phi) is 4.24. The average molecular weight is 346 g/mol. The molecule has 0 aliphatic carbocycles. The fourth-order valence-electron chi connectivity index (χ4n) is 3.55. The Morgan fingerprint density at radius 1 is 1.21 bits per heavy atom. The summed E-state index contributed by atoms with van der Waals surface area (Å²) in [6.45, 7) is 3.07. The molecule has 0 spiro atoms. The maximum atomic E-state index is 13.1. The Balaban J connectivity index is 1.43. The number of amides is 1. The van der Waals surface area contributed by atoms with E-state index in [2.05, 4.69) is 10.2 Å². The van der Waals surface area contributed by atoms with Gasteiger partial charge in [-0.25, -0.2) is 9.18 Å². The van der Waals surface area contributed by atoms with Gasteiger partial charge in [-0.05, 0) is 61.0 Å². The Hall–Kier alpha value is -1.92. The van der Waals surface area contributed by atoms with E-state index in [9.17, 15) is 9.18 Å². The summed E-state index contributed by atoms with van der Waals surface area (Å²) in [4.78, 5) is 15.5. The minimum atomic E-state index is -0.407. The molecule has 1 N–H and O–H groups in total. The highest BCUT2D eigenvalue weighted by atomic mass is 32.1. The topological polar surface area (TPSA) is 41.6 Å². The number of hydrogen-bond acceptors (Lipinski definition) is 4. The third-order valence-electron chi connectivity index (χ3n) is 4.86. The molecule has 0 saturated carbocycles. The number of nitrogens with zero attached hydrogens (tertiary/aromatic N) is 1. The molecule has 5 rings (SSSR count). The molecular weight excluding hydrogens is 327 g/mol. The molecule has 1 aromatic carbocycles. The number of carbonyl (C=O) groups is 1. The minimum absolute atomic E-state index is 0.0135. The van der Waals surface area contributed by atoms with Gasteiger partial charge in [0.15, 0.2) is 0 Å². The summed E-state index contributed by atoms with van der Waals surface area (Å²) < 4.78 is 18.7. The van der Waals surface area contributed by atoms with Crippen molar-refractivity contribution in [3.05, 3.63) is 41.5 Å². The number of benzene rings is 1. The molecule has 0 radical (unpaired) electrons. The van der Waals surface area contributed by atoms with Crippen LogP contribution >= 0.6 is 11.3 Å². The van der Waals surface area contributed by atoms with Gasteiger partial charge in [0, 0.05) is 6.54 Å². The zero-order valence-corrected chi connectivity index (χ0v) is 14.0. The summed E-state index contributed by atoms with van der Waals surface area (Å²) in [7, 11) is 0. The normalized spacial score (nSPS) is 25.5. The van der Waals surface area contributed by atoms with Crippen LogP contribution in [0.3, 0.4) is 0 Å². The molecule has 2 bridgehead atoms. The number of piperidine rings is 3. The van der Waals surface area contributed by atoms with Gasteiger partial charge in [-0.15, -0.1) is 11.3 Å². The number of anilines is 1. The van der Waals surface area contributed by atoms with E-state index in [4.69, 9.17) is 4.74 Å². The quantitative estimate of drug-likeness (QED) is 0.906. The monoisotopic (exact) mass is 346 g/mol. The molecule has 1 aromatic heterocycles. The van der Waals surface area contributed by atoms with Gasteiger partial charge in [0.05, 0.1) is 10.6 Å². The molecule has 4 nitrogen and oxygen atoms in total. The largest absolute Gasteiger partial charge is 0.444 e. The van der Waals surface area contributed by atoms with E-state index in [-0.39, 0.29) is 11.9 Å². The number of carbonyl (C=O) groups excluding carboxylic acids is 1. The van der Waals surface area contributed by atoms with Crippen molar-refractivity contribution in [2.45, 2.75) is 18.9 Å². The summed E-state index contributed by atoms with van der Waals surface area (Å²) in [6.07, 6.45) is 1.80. The van der Waals surface area contributed by atoms with Gasteiger partial charge in [-0.1, -0.05) is 12.1 Å². The molecule has 3 saturated heterocycles. The Morgan fingerprint density at radius 2 is 1.96 bits per heavy atom. The second kappa shape index (κ2) is 6.53. The number of halogens is 1. The maximum Gasteiger partial charge on any atom is 0.411 e. The van der Waals surface area contributed by atoms with E-state index in [0.29, 0.717) is 11.6 Å². The number of fused-ring (bicyclic) bond motifs is 3. The van der Waals surface area contributed by atoms with Crippen LogP contribution in [-0.4, -0.2) is 36.7 Å². The summed E-state index contributed by atoms with van der Waals surface area (Å²) in [5.41, 5.74) is 1.59. The molecule has 2 aromatic rings. The van der Waals surface area contributed by atoms with Crippen LogP contribution in [0.15, 0.2) is 35.7 Å². The highest BCUT2D eigenvalue weighted by Gasteiger charge is 2.36. The van der Waals surface area contributed by atoms with Crippen LogP contribution < -0.4 is 5.32 Å². The Morgan fingerprint density at radius 3 is 2.62 bits per heavy atom. The first kappa shape index (κ1) is 15.6. The van der Waals surface area contributed by atoms with Crippen LogP contribution in [0, 0.1) is 11.7 Å². The van der Waals surface area contributed by atoms with E-state index < -0.39 is 6.09 Å². The van der Waals surface area contributed by atoms with Crippen LogP contribution in [0.2, 0.25) is 0 Å². The fraction of sp³-hybridized carbons (Fsp3) is 0.389. The third-order valence-corrected chi connectivity index (χ3v) is 5.83. The number of hydrogen-bond donors (Lipinski definition) is 1. The van der Waals surface area contributed by atoms with Crippen LogP contribution in [0.4, 0.5) is 14.9 Å². The molecule has 126 valence electrons. The minimum Gasteiger partial charge on any atom is -0.444 e. The first-order valence-corrected chi connectivity index (χ1v) is 9.10. The second-order valence-electron chi connectivity index (χ2n) is 6.38. The van der Waals surface area contributed by atoms with Crippen molar-refractivity contribution in [2.24, 2.45) is 5.92 Å². The average Bonchev–Trinajstić information content (AvgIpc) is 3.04. The molecule has 1 atom stereocenters. The lowest BCUT2D eigenvalue weighted by Crippen LogP contribution is -2.52. The van der Waals surface area contributed by atoms with E-state index >= 15 is 0 Å². The first-order chi connectivity index (χ1) is 11.7. The van der Waals surface area contributed by atoms with Crippen molar-refractivity contribution in [3.8, 4) is 10.4 Å². The predicted molar refractivity (Wildman–Crippen MR) is 92.8 cm³/mol. The Labute approximate surface area is 144 Å². The van der Waals surface area contributed by atoms with Crippen molar-refractivity contribution in [1.82, 2.24) is 4.90 Å². The molecule has 3 aliphatic rings. The van der Waals surface area contributed by atoms with Crippen LogP contribution in [-0.2, 0) is 4.74 Å².